The van der Waals surface area contributed by atoms with Gasteiger partial charge in [-0.2, -0.15) is 0 Å². The van der Waals surface area contributed by atoms with Crippen molar-refractivity contribution in [1.29, 1.82) is 0 Å². The summed E-state index contributed by atoms with van der Waals surface area (Å²) < 4.78 is 0. The highest BCUT2D eigenvalue weighted by atomic mass is 14.9. The number of hydrogen-bond acceptors (Lipinski definition) is 3. The van der Waals surface area contributed by atoms with Crippen molar-refractivity contribution in [2.24, 2.45) is 5.73 Å². The minimum Gasteiger partial charge on any atom is -0.346 e. The van der Waals surface area contributed by atoms with E-state index in [4.69, 9.17) is 12.3 Å². The number of aromatic amines is 1. The number of benzene rings is 1. The van der Waals surface area contributed by atoms with Gasteiger partial charge < -0.3 is 10.7 Å². The van der Waals surface area contributed by atoms with Gasteiger partial charge in [0.05, 0.1) is 12.3 Å². The van der Waals surface area contributed by atoms with Crippen LogP contribution < -0.4 is 5.73 Å². The second-order valence-corrected chi connectivity index (χ2v) is 4.12. The van der Waals surface area contributed by atoms with Gasteiger partial charge >= 0.3 is 0 Å². The molecule has 0 unspecified atom stereocenters. The fraction of sp³-hybridized carbons (Fsp3) is 0.0714. The smallest absolute Gasteiger partial charge is 0.192 e. The molecule has 0 saturated carbocycles. The van der Waals surface area contributed by atoms with Gasteiger partial charge in [0.2, 0.25) is 0 Å². The Kier molecular flexibility index (Phi) is 2.71. The molecule has 0 fully saturated rings. The first kappa shape index (κ1) is 11.4. The van der Waals surface area contributed by atoms with E-state index >= 15 is 0 Å². The maximum atomic E-state index is 7.21. The maximum Gasteiger partial charge on any atom is 0.192 e. The van der Waals surface area contributed by atoms with Crippen LogP contribution >= 0.6 is 0 Å². The third kappa shape index (κ3) is 1.84. The van der Waals surface area contributed by atoms with Crippen molar-refractivity contribution in [3.63, 3.8) is 0 Å². The summed E-state index contributed by atoms with van der Waals surface area (Å²) in [6.07, 6.45) is 3.34. The predicted molar refractivity (Wildman–Crippen MR) is 73.5 cm³/mol. The summed E-state index contributed by atoms with van der Waals surface area (Å²) in [6, 6.07) is 7.57. The standard InChI is InChI=1S/C14H11N5/c1-16-12-6-9(2-3-10(12)7-15)13-11-4-5-17-14(11)19-8-18-13/h2-6,8H,7,15H2,(H,17,18,19). The van der Waals surface area contributed by atoms with E-state index in [9.17, 15) is 0 Å². The van der Waals surface area contributed by atoms with E-state index < -0.39 is 0 Å². The van der Waals surface area contributed by atoms with Crippen molar-refractivity contribution in [1.82, 2.24) is 15.0 Å². The highest BCUT2D eigenvalue weighted by Gasteiger charge is 2.09. The number of nitrogens with zero attached hydrogens (tertiary/aromatic N) is 3. The molecule has 92 valence electrons. The number of rotatable bonds is 2. The quantitative estimate of drug-likeness (QED) is 0.686. The zero-order valence-corrected chi connectivity index (χ0v) is 10.1. The highest BCUT2D eigenvalue weighted by Crippen LogP contribution is 2.29. The van der Waals surface area contributed by atoms with Gasteiger partial charge in [-0.05, 0) is 23.3 Å². The average molecular weight is 249 g/mol. The molecule has 5 nitrogen and oxygen atoms in total. The van der Waals surface area contributed by atoms with Crippen LogP contribution in [-0.2, 0) is 6.54 Å². The average Bonchev–Trinajstić information content (AvgIpc) is 2.94. The van der Waals surface area contributed by atoms with Gasteiger partial charge in [-0.25, -0.2) is 14.8 Å². The van der Waals surface area contributed by atoms with Crippen LogP contribution in [0.15, 0.2) is 36.8 Å². The van der Waals surface area contributed by atoms with Crippen LogP contribution in [0.5, 0.6) is 0 Å². The fourth-order valence-electron chi connectivity index (χ4n) is 2.09. The zero-order chi connectivity index (χ0) is 13.2. The van der Waals surface area contributed by atoms with E-state index in [0.29, 0.717) is 12.2 Å². The molecule has 0 bridgehead atoms. The van der Waals surface area contributed by atoms with E-state index in [0.717, 1.165) is 27.9 Å². The van der Waals surface area contributed by atoms with Crippen LogP contribution in [0.1, 0.15) is 5.56 Å². The third-order valence-electron chi connectivity index (χ3n) is 3.05. The van der Waals surface area contributed by atoms with Gasteiger partial charge in [-0.3, -0.25) is 0 Å². The van der Waals surface area contributed by atoms with Crippen molar-refractivity contribution in [3.05, 3.63) is 53.8 Å². The van der Waals surface area contributed by atoms with Crippen LogP contribution in [0.25, 0.3) is 27.1 Å². The van der Waals surface area contributed by atoms with Gasteiger partial charge in [0.1, 0.15) is 12.0 Å². The molecule has 2 aromatic heterocycles. The number of hydrogen-bond donors (Lipinski definition) is 2. The highest BCUT2D eigenvalue weighted by molar-refractivity contribution is 5.91. The van der Waals surface area contributed by atoms with E-state index in [1.807, 2.05) is 30.5 Å². The second kappa shape index (κ2) is 4.52. The molecule has 0 atom stereocenters. The first-order valence-corrected chi connectivity index (χ1v) is 5.82. The molecule has 3 rings (SSSR count). The lowest BCUT2D eigenvalue weighted by molar-refractivity contribution is 1.08. The van der Waals surface area contributed by atoms with Crippen molar-refractivity contribution >= 4 is 16.7 Å². The summed E-state index contributed by atoms with van der Waals surface area (Å²) in [7, 11) is 0. The lowest BCUT2D eigenvalue weighted by Gasteiger charge is -2.06. The van der Waals surface area contributed by atoms with Gasteiger partial charge in [0.15, 0.2) is 5.69 Å². The number of nitrogens with one attached hydrogen (secondary N) is 1. The molecule has 0 radical (unpaired) electrons. The second-order valence-electron chi connectivity index (χ2n) is 4.12. The Morgan fingerprint density at radius 2 is 2.16 bits per heavy atom. The largest absolute Gasteiger partial charge is 0.346 e. The lowest BCUT2D eigenvalue weighted by atomic mass is 10.0. The van der Waals surface area contributed by atoms with Crippen molar-refractivity contribution < 1.29 is 0 Å². The summed E-state index contributed by atoms with van der Waals surface area (Å²) >= 11 is 0. The van der Waals surface area contributed by atoms with E-state index in [1.54, 1.807) is 0 Å². The van der Waals surface area contributed by atoms with Crippen molar-refractivity contribution in [2.45, 2.75) is 6.54 Å². The third-order valence-corrected chi connectivity index (χ3v) is 3.05. The van der Waals surface area contributed by atoms with Crippen LogP contribution in [0.3, 0.4) is 0 Å². The van der Waals surface area contributed by atoms with E-state index in [1.165, 1.54) is 6.33 Å². The number of aromatic nitrogens is 3. The minimum atomic E-state index is 0.362. The van der Waals surface area contributed by atoms with Crippen LogP contribution in [0.4, 0.5) is 5.69 Å². The van der Waals surface area contributed by atoms with Crippen molar-refractivity contribution in [3.8, 4) is 11.3 Å². The van der Waals surface area contributed by atoms with Crippen LogP contribution in [-0.4, -0.2) is 15.0 Å². The molecule has 0 amide bonds. The monoisotopic (exact) mass is 249 g/mol. The van der Waals surface area contributed by atoms with Crippen LogP contribution in [0.2, 0.25) is 0 Å². The first-order valence-electron chi connectivity index (χ1n) is 5.82. The molecule has 3 aromatic rings. The van der Waals surface area contributed by atoms with Crippen molar-refractivity contribution in [2.75, 3.05) is 0 Å². The Balaban J connectivity index is 2.22. The molecule has 0 saturated heterocycles. The molecular weight excluding hydrogens is 238 g/mol. The molecule has 0 aliphatic carbocycles. The number of H-pyrrole nitrogens is 1. The van der Waals surface area contributed by atoms with Crippen LogP contribution in [0, 0.1) is 6.57 Å². The molecule has 5 heteroatoms. The Morgan fingerprint density at radius 1 is 1.26 bits per heavy atom. The molecular formula is C14H11N5. The summed E-state index contributed by atoms with van der Waals surface area (Å²) in [5.74, 6) is 0. The molecule has 2 heterocycles. The van der Waals surface area contributed by atoms with E-state index in [-0.39, 0.29) is 0 Å². The number of nitrogens with two attached hydrogens (primary N) is 1. The Bertz CT molecular complexity index is 782. The zero-order valence-electron chi connectivity index (χ0n) is 10.1. The summed E-state index contributed by atoms with van der Waals surface area (Å²) in [4.78, 5) is 15.0. The topological polar surface area (TPSA) is 72.0 Å². The molecule has 3 N–H and O–H groups in total. The summed E-state index contributed by atoms with van der Waals surface area (Å²) in [5.41, 5.74) is 9.54. The SMILES string of the molecule is [C-]#[N+]c1cc(-c2ncnc3[nH]ccc23)ccc1CN. The first-order chi connectivity index (χ1) is 9.33. The Hall–Kier alpha value is -2.71. The van der Waals surface area contributed by atoms with E-state index in [2.05, 4.69) is 19.8 Å². The number of fused-ring (bicyclic) bond motifs is 1. The van der Waals surface area contributed by atoms with Gasteiger partial charge in [0.25, 0.3) is 0 Å². The lowest BCUT2D eigenvalue weighted by Crippen LogP contribution is -1.96. The normalized spacial score (nSPS) is 10.5. The summed E-state index contributed by atoms with van der Waals surface area (Å²) in [5, 5.41) is 0.943. The molecule has 1 aromatic carbocycles. The molecule has 19 heavy (non-hydrogen) atoms. The predicted octanol–water partition coefficient (Wildman–Crippen LogP) is 2.63. The van der Waals surface area contributed by atoms with Gasteiger partial charge in [0, 0.05) is 18.1 Å². The fourth-order valence-corrected chi connectivity index (χ4v) is 2.09. The Labute approximate surface area is 109 Å². The Morgan fingerprint density at radius 3 is 2.95 bits per heavy atom. The van der Waals surface area contributed by atoms with Gasteiger partial charge in [-0.1, -0.05) is 12.1 Å². The maximum absolute atomic E-state index is 7.21. The molecule has 0 aliphatic heterocycles. The molecule has 0 spiro atoms. The summed E-state index contributed by atoms with van der Waals surface area (Å²) in [6.45, 7) is 7.57. The minimum absolute atomic E-state index is 0.362. The van der Waals surface area contributed by atoms with Gasteiger partial charge in [-0.15, -0.1) is 0 Å². The molecule has 0 aliphatic rings.